The van der Waals surface area contributed by atoms with Gasteiger partial charge >= 0.3 is 0 Å². The fourth-order valence-corrected chi connectivity index (χ4v) is 1.58. The number of nitrogens with zero attached hydrogens (tertiary/aromatic N) is 1. The maximum Gasteiger partial charge on any atom is 0.266 e. The summed E-state index contributed by atoms with van der Waals surface area (Å²) in [4.78, 5) is 32.3. The van der Waals surface area contributed by atoms with E-state index in [4.69, 9.17) is 4.74 Å². The summed E-state index contributed by atoms with van der Waals surface area (Å²) in [5, 5.41) is 10.5. The lowest BCUT2D eigenvalue weighted by molar-refractivity contribution is -0.419. The predicted molar refractivity (Wildman–Crippen MR) is 47.5 cm³/mol. The Balaban J connectivity index is 2.31. The van der Waals surface area contributed by atoms with E-state index in [-0.39, 0.29) is 12.3 Å². The largest absolute Gasteiger partial charge is 0.365 e. The molecule has 0 spiro atoms. The summed E-state index contributed by atoms with van der Waals surface area (Å²) in [5.74, 6) is -2.09. The van der Waals surface area contributed by atoms with E-state index in [1.165, 1.54) is 18.2 Å². The van der Waals surface area contributed by atoms with Crippen LogP contribution in [0.4, 0.5) is 0 Å². The van der Waals surface area contributed by atoms with Gasteiger partial charge in [0.25, 0.3) is 5.70 Å². The average Bonchev–Trinajstić information content (AvgIpc) is 2.23. The normalized spacial score (nSPS) is 29.7. The van der Waals surface area contributed by atoms with Gasteiger partial charge in [0.05, 0.1) is 16.9 Å². The molecular formula is C9H7NO5. The maximum atomic E-state index is 11.4. The van der Waals surface area contributed by atoms with Crippen molar-refractivity contribution in [2.24, 2.45) is 5.92 Å². The van der Waals surface area contributed by atoms with Crippen molar-refractivity contribution in [3.05, 3.63) is 34.0 Å². The highest BCUT2D eigenvalue weighted by Gasteiger charge is 2.38. The van der Waals surface area contributed by atoms with Crippen molar-refractivity contribution in [3.63, 3.8) is 0 Å². The standard InChI is InChI=1S/C9H7NO5/c11-7-4-15-8-2-1-5(10(13)14)3-6(8)9(7)12/h1-3,6,8H,4H2. The number of carbonyl (C=O) groups is 2. The highest BCUT2D eigenvalue weighted by atomic mass is 16.6. The molecule has 1 heterocycles. The Morgan fingerprint density at radius 3 is 2.87 bits per heavy atom. The van der Waals surface area contributed by atoms with E-state index in [1.54, 1.807) is 0 Å². The van der Waals surface area contributed by atoms with Crippen LogP contribution in [0.5, 0.6) is 0 Å². The number of Topliss-reactive ketones (excluding diaryl/α,β-unsaturated/α-hetero) is 2. The van der Waals surface area contributed by atoms with Crippen molar-refractivity contribution in [1.29, 1.82) is 0 Å². The molecule has 78 valence electrons. The first-order chi connectivity index (χ1) is 7.09. The summed E-state index contributed by atoms with van der Waals surface area (Å²) < 4.78 is 5.07. The summed E-state index contributed by atoms with van der Waals surface area (Å²) in [6, 6.07) is 0. The molecule has 2 unspecified atom stereocenters. The fourth-order valence-electron chi connectivity index (χ4n) is 1.58. The van der Waals surface area contributed by atoms with E-state index >= 15 is 0 Å². The number of rotatable bonds is 1. The Hall–Kier alpha value is -1.82. The zero-order valence-corrected chi connectivity index (χ0v) is 7.58. The van der Waals surface area contributed by atoms with Crippen molar-refractivity contribution in [1.82, 2.24) is 0 Å². The van der Waals surface area contributed by atoms with Gasteiger partial charge in [-0.3, -0.25) is 19.7 Å². The molecule has 0 aromatic carbocycles. The Labute approximate surface area is 84.4 Å². The van der Waals surface area contributed by atoms with E-state index in [1.807, 2.05) is 0 Å². The molecule has 6 heteroatoms. The van der Waals surface area contributed by atoms with Gasteiger partial charge in [0.1, 0.15) is 6.61 Å². The molecule has 0 bridgehead atoms. The zero-order valence-electron chi connectivity index (χ0n) is 7.58. The van der Waals surface area contributed by atoms with Crippen LogP contribution in [-0.2, 0) is 14.3 Å². The number of ether oxygens (including phenoxy) is 1. The first-order valence-corrected chi connectivity index (χ1v) is 4.32. The van der Waals surface area contributed by atoms with Gasteiger partial charge in [-0.15, -0.1) is 0 Å². The lowest BCUT2D eigenvalue weighted by atomic mass is 9.88. The monoisotopic (exact) mass is 209 g/mol. The minimum Gasteiger partial charge on any atom is -0.365 e. The van der Waals surface area contributed by atoms with Crippen LogP contribution in [0.2, 0.25) is 0 Å². The third kappa shape index (κ3) is 1.59. The SMILES string of the molecule is O=C1COC2C=CC([N+](=O)[O-])=CC2C1=O. The second-order valence-corrected chi connectivity index (χ2v) is 3.30. The van der Waals surface area contributed by atoms with Crippen LogP contribution in [0, 0.1) is 16.0 Å². The third-order valence-corrected chi connectivity index (χ3v) is 2.36. The summed E-state index contributed by atoms with van der Waals surface area (Å²) in [6.45, 7) is -0.244. The Bertz CT molecular complexity index is 409. The molecule has 0 aromatic rings. The van der Waals surface area contributed by atoms with Crippen molar-refractivity contribution in [2.75, 3.05) is 6.61 Å². The lowest BCUT2D eigenvalue weighted by Crippen LogP contribution is -2.42. The molecule has 0 N–H and O–H groups in total. The summed E-state index contributed by atoms with van der Waals surface area (Å²) in [7, 11) is 0. The molecule has 1 aliphatic carbocycles. The van der Waals surface area contributed by atoms with Crippen LogP contribution in [0.15, 0.2) is 23.9 Å². The molecule has 0 amide bonds. The number of ketones is 2. The first-order valence-electron chi connectivity index (χ1n) is 4.32. The lowest BCUT2D eigenvalue weighted by Gasteiger charge is -2.26. The van der Waals surface area contributed by atoms with E-state index in [0.29, 0.717) is 0 Å². The fraction of sp³-hybridized carbons (Fsp3) is 0.333. The Kier molecular flexibility index (Phi) is 2.20. The van der Waals surface area contributed by atoms with Gasteiger partial charge in [-0.1, -0.05) is 0 Å². The quantitative estimate of drug-likeness (QED) is 0.341. The minimum atomic E-state index is -0.836. The highest BCUT2D eigenvalue weighted by molar-refractivity contribution is 6.39. The Morgan fingerprint density at radius 2 is 2.20 bits per heavy atom. The van der Waals surface area contributed by atoms with Gasteiger partial charge in [-0.05, 0) is 6.08 Å². The maximum absolute atomic E-state index is 11.4. The topological polar surface area (TPSA) is 86.5 Å². The molecule has 15 heavy (non-hydrogen) atoms. The Morgan fingerprint density at radius 1 is 1.47 bits per heavy atom. The molecule has 2 aliphatic rings. The van der Waals surface area contributed by atoms with Gasteiger partial charge in [-0.25, -0.2) is 0 Å². The van der Waals surface area contributed by atoms with Gasteiger partial charge in [0.2, 0.25) is 11.6 Å². The van der Waals surface area contributed by atoms with Crippen LogP contribution in [0.1, 0.15) is 0 Å². The van der Waals surface area contributed by atoms with E-state index < -0.39 is 28.5 Å². The summed E-state index contributed by atoms with van der Waals surface area (Å²) in [6.07, 6.45) is 3.35. The molecule has 0 radical (unpaired) electrons. The second kappa shape index (κ2) is 3.39. The minimum absolute atomic E-state index is 0.178. The molecule has 0 saturated carbocycles. The number of hydrogen-bond donors (Lipinski definition) is 0. The van der Waals surface area contributed by atoms with Crippen molar-refractivity contribution in [2.45, 2.75) is 6.10 Å². The molecule has 1 saturated heterocycles. The molecular weight excluding hydrogens is 202 g/mol. The number of allylic oxidation sites excluding steroid dienone is 1. The molecule has 0 aromatic heterocycles. The average molecular weight is 209 g/mol. The van der Waals surface area contributed by atoms with E-state index in [0.717, 1.165) is 0 Å². The molecule has 1 fully saturated rings. The van der Waals surface area contributed by atoms with Crippen molar-refractivity contribution < 1.29 is 19.2 Å². The van der Waals surface area contributed by atoms with Gasteiger partial charge in [0, 0.05) is 12.2 Å². The number of carbonyl (C=O) groups excluding carboxylic acids is 2. The second-order valence-electron chi connectivity index (χ2n) is 3.30. The van der Waals surface area contributed by atoms with Crippen LogP contribution in [0.3, 0.4) is 0 Å². The van der Waals surface area contributed by atoms with Crippen LogP contribution >= 0.6 is 0 Å². The number of hydrogen-bond acceptors (Lipinski definition) is 5. The first kappa shape index (κ1) is 9.72. The molecule has 6 nitrogen and oxygen atoms in total. The molecule has 2 rings (SSSR count). The summed E-state index contributed by atoms with van der Waals surface area (Å²) >= 11 is 0. The van der Waals surface area contributed by atoms with Gasteiger partial charge in [-0.2, -0.15) is 0 Å². The van der Waals surface area contributed by atoms with Crippen LogP contribution in [-0.4, -0.2) is 29.2 Å². The zero-order chi connectivity index (χ0) is 11.0. The van der Waals surface area contributed by atoms with Crippen molar-refractivity contribution in [3.8, 4) is 0 Å². The van der Waals surface area contributed by atoms with Crippen LogP contribution < -0.4 is 0 Å². The number of nitro groups is 1. The third-order valence-electron chi connectivity index (χ3n) is 2.36. The number of fused-ring (bicyclic) bond motifs is 1. The van der Waals surface area contributed by atoms with Gasteiger partial charge in [0.15, 0.2) is 0 Å². The van der Waals surface area contributed by atoms with Gasteiger partial charge < -0.3 is 4.74 Å². The van der Waals surface area contributed by atoms with Crippen LogP contribution in [0.25, 0.3) is 0 Å². The molecule has 1 aliphatic heterocycles. The van der Waals surface area contributed by atoms with E-state index in [2.05, 4.69) is 0 Å². The molecule has 2 atom stereocenters. The highest BCUT2D eigenvalue weighted by Crippen LogP contribution is 2.24. The summed E-state index contributed by atoms with van der Waals surface area (Å²) in [5.41, 5.74) is -0.178. The van der Waals surface area contributed by atoms with Crippen molar-refractivity contribution >= 4 is 11.6 Å². The van der Waals surface area contributed by atoms with E-state index in [9.17, 15) is 19.7 Å². The predicted octanol–water partition coefficient (Wildman–Crippen LogP) is -0.130. The smallest absolute Gasteiger partial charge is 0.266 e.